The molecule has 0 spiro atoms. The molecule has 0 rings (SSSR count). The van der Waals surface area contributed by atoms with Gasteiger partial charge in [-0.15, -0.1) is 0 Å². The van der Waals surface area contributed by atoms with E-state index in [4.69, 9.17) is 29.5 Å². The van der Waals surface area contributed by atoms with E-state index in [0.29, 0.717) is 0 Å². The molecule has 0 saturated heterocycles. The van der Waals surface area contributed by atoms with E-state index in [1.807, 2.05) is 20.8 Å². The van der Waals surface area contributed by atoms with Crippen LogP contribution in [-0.2, 0) is 11.0 Å². The summed E-state index contributed by atoms with van der Waals surface area (Å²) in [5, 5.41) is 0. The van der Waals surface area contributed by atoms with E-state index in [2.05, 4.69) is 3.79 Å². The van der Waals surface area contributed by atoms with Gasteiger partial charge in [0.1, 0.15) is 0 Å². The summed E-state index contributed by atoms with van der Waals surface area (Å²) in [5.74, 6) is 0. The van der Waals surface area contributed by atoms with E-state index in [1.165, 1.54) is 0 Å². The van der Waals surface area contributed by atoms with E-state index in [9.17, 15) is 0 Å². The molecule has 0 unspecified atom stereocenters. The summed E-state index contributed by atoms with van der Waals surface area (Å²) in [6, 6.07) is 0. The van der Waals surface area contributed by atoms with Crippen LogP contribution in [0.5, 0.6) is 0 Å². The molecule has 0 fully saturated rings. The number of hydrogen-bond donors (Lipinski definition) is 0. The summed E-state index contributed by atoms with van der Waals surface area (Å²) in [5.41, 5.74) is -0.168. The van der Waals surface area contributed by atoms with E-state index in [0.717, 1.165) is 6.42 Å². The van der Waals surface area contributed by atoms with Crippen molar-refractivity contribution < 1.29 is 11.0 Å². The third-order valence-electron chi connectivity index (χ3n) is 1.25. The van der Waals surface area contributed by atoms with E-state index < -0.39 is 11.0 Å². The van der Waals surface area contributed by atoms with Crippen molar-refractivity contribution in [1.82, 2.24) is 0 Å². The molecule has 5 heteroatoms. The van der Waals surface area contributed by atoms with Crippen LogP contribution in [0.4, 0.5) is 0 Å². The number of halogens is 3. The summed E-state index contributed by atoms with van der Waals surface area (Å²) in [4.78, 5) is 0. The fourth-order valence-corrected chi connectivity index (χ4v) is 4.09. The van der Waals surface area contributed by atoms with Gasteiger partial charge in [-0.2, -0.15) is 0 Å². The Balaban J connectivity index is 4.40. The van der Waals surface area contributed by atoms with Gasteiger partial charge < -0.3 is 0 Å². The van der Waals surface area contributed by atoms with Gasteiger partial charge in [-0.05, 0) is 0 Å². The fraction of sp³-hybridized carbons (Fsp3) is 1.00. The molecule has 0 N–H and O–H groups in total. The van der Waals surface area contributed by atoms with E-state index >= 15 is 0 Å². The maximum absolute atomic E-state index is 5.63. The average molecular weight is 242 g/mol. The van der Waals surface area contributed by atoms with E-state index in [1.54, 1.807) is 0 Å². The van der Waals surface area contributed by atoms with Gasteiger partial charge in [0.15, 0.2) is 0 Å². The van der Waals surface area contributed by atoms with Crippen LogP contribution < -0.4 is 0 Å². The summed E-state index contributed by atoms with van der Waals surface area (Å²) in [6.45, 7) is 5.96. The van der Waals surface area contributed by atoms with Crippen LogP contribution in [0, 0.1) is 0 Å². The first-order chi connectivity index (χ1) is 4.27. The third kappa shape index (κ3) is 6.00. The Morgan fingerprint density at radius 1 is 1.30 bits per heavy atom. The Morgan fingerprint density at radius 2 is 1.70 bits per heavy atom. The molecular formula is C5H11Cl3NV. The van der Waals surface area contributed by atoms with Crippen molar-refractivity contribution in [3.05, 3.63) is 0 Å². The minimum atomic E-state index is -3.08. The summed E-state index contributed by atoms with van der Waals surface area (Å²) in [6.07, 6.45) is 0.905. The SMILES string of the molecule is CCC(C)(C)[N]=[V]([Cl])([Cl])[Cl]. The summed E-state index contributed by atoms with van der Waals surface area (Å²) < 4.78 is 4.13. The zero-order valence-corrected chi connectivity index (χ0v) is 9.90. The van der Waals surface area contributed by atoms with Crippen molar-refractivity contribution in [1.29, 1.82) is 0 Å². The quantitative estimate of drug-likeness (QED) is 0.695. The van der Waals surface area contributed by atoms with Gasteiger partial charge in [0.25, 0.3) is 0 Å². The first-order valence-electron chi connectivity index (χ1n) is 2.99. The molecule has 0 atom stereocenters. The van der Waals surface area contributed by atoms with Gasteiger partial charge in [-0.1, -0.05) is 0 Å². The van der Waals surface area contributed by atoms with Gasteiger partial charge in [0.05, 0.1) is 0 Å². The Labute approximate surface area is 76.8 Å². The Hall–Kier alpha value is 1.25. The van der Waals surface area contributed by atoms with Crippen LogP contribution in [0.25, 0.3) is 0 Å². The molecule has 10 heavy (non-hydrogen) atoms. The van der Waals surface area contributed by atoms with Crippen LogP contribution in [-0.4, -0.2) is 5.54 Å². The summed E-state index contributed by atoms with van der Waals surface area (Å²) >= 11 is 0. The van der Waals surface area contributed by atoms with Gasteiger partial charge >= 0.3 is 77.0 Å². The molecule has 0 heterocycles. The topological polar surface area (TPSA) is 12.4 Å². The van der Waals surface area contributed by atoms with Gasteiger partial charge in [0, 0.05) is 0 Å². The molecule has 0 radical (unpaired) electrons. The molecule has 0 aliphatic carbocycles. The molecule has 1 nitrogen and oxygen atoms in total. The third-order valence-corrected chi connectivity index (χ3v) is 3.38. The Kier molecular flexibility index (Phi) is 4.25. The number of hydrogen-bond acceptors (Lipinski definition) is 1. The average Bonchev–Trinajstić information content (AvgIpc) is 1.60. The molecule has 0 amide bonds. The van der Waals surface area contributed by atoms with Gasteiger partial charge in [-0.3, -0.25) is 0 Å². The zero-order chi connectivity index (χ0) is 8.41. The van der Waals surface area contributed by atoms with Gasteiger partial charge in [0.2, 0.25) is 0 Å². The van der Waals surface area contributed by atoms with Gasteiger partial charge in [-0.25, -0.2) is 0 Å². The number of nitrogens with zero attached hydrogens (tertiary/aromatic N) is 1. The van der Waals surface area contributed by atoms with Crippen LogP contribution in [0.3, 0.4) is 0 Å². The van der Waals surface area contributed by atoms with Crippen molar-refractivity contribution in [2.24, 2.45) is 3.79 Å². The molecule has 0 saturated carbocycles. The van der Waals surface area contributed by atoms with Crippen molar-refractivity contribution in [2.75, 3.05) is 0 Å². The molecule has 62 valence electrons. The zero-order valence-electron chi connectivity index (χ0n) is 6.24. The predicted molar refractivity (Wildman–Crippen MR) is 44.4 cm³/mol. The minimum absolute atomic E-state index is 0.168. The molecule has 0 aromatic rings. The first kappa shape index (κ1) is 11.3. The molecule has 0 aromatic heterocycles. The second kappa shape index (κ2) is 3.77. The Morgan fingerprint density at radius 3 is 1.80 bits per heavy atom. The second-order valence-corrected chi connectivity index (χ2v) is 12.5. The molecule has 0 bridgehead atoms. The molecule has 0 aliphatic rings. The fourth-order valence-electron chi connectivity index (χ4n) is 0.378. The molecule has 0 aromatic carbocycles. The monoisotopic (exact) mass is 241 g/mol. The molecule has 0 aliphatic heterocycles. The van der Waals surface area contributed by atoms with E-state index in [-0.39, 0.29) is 5.54 Å². The van der Waals surface area contributed by atoms with Crippen molar-refractivity contribution in [2.45, 2.75) is 32.7 Å². The van der Waals surface area contributed by atoms with Crippen LogP contribution in [0.15, 0.2) is 3.79 Å². The van der Waals surface area contributed by atoms with Crippen LogP contribution >= 0.6 is 29.5 Å². The van der Waals surface area contributed by atoms with Crippen molar-refractivity contribution >= 4 is 29.5 Å². The number of rotatable bonds is 2. The van der Waals surface area contributed by atoms with Crippen molar-refractivity contribution in [3.63, 3.8) is 0 Å². The van der Waals surface area contributed by atoms with Crippen LogP contribution in [0.1, 0.15) is 27.2 Å². The summed E-state index contributed by atoms with van der Waals surface area (Å²) in [7, 11) is 13.8. The maximum atomic E-state index is 5.63. The molecular weight excluding hydrogens is 231 g/mol. The second-order valence-electron chi connectivity index (χ2n) is 2.68. The van der Waals surface area contributed by atoms with Crippen LogP contribution in [0.2, 0.25) is 0 Å². The normalized spacial score (nSPS) is 13.4. The first-order valence-corrected chi connectivity index (χ1v) is 9.38. The predicted octanol–water partition coefficient (Wildman–Crippen LogP) is 3.97. The van der Waals surface area contributed by atoms with Crippen molar-refractivity contribution in [3.8, 4) is 0 Å². The Bertz CT molecular complexity index is 152. The standard InChI is InChI=1S/C5H11N.3ClH.V/c1-4-5(2,3)6;;;;/h4H2,1-3H3;3*1H;/q;;;;+3/p-3.